The van der Waals surface area contributed by atoms with Gasteiger partial charge < -0.3 is 15.7 Å². The third-order valence-corrected chi connectivity index (χ3v) is 4.72. The first-order chi connectivity index (χ1) is 11.3. The van der Waals surface area contributed by atoms with Gasteiger partial charge in [-0.25, -0.2) is 0 Å². The lowest BCUT2D eigenvalue weighted by Crippen LogP contribution is -2.40. The van der Waals surface area contributed by atoms with Crippen molar-refractivity contribution in [3.8, 4) is 11.8 Å². The maximum absolute atomic E-state index is 9.61. The number of benzene rings is 1. The highest BCUT2D eigenvalue weighted by molar-refractivity contribution is 5.60. The van der Waals surface area contributed by atoms with E-state index in [4.69, 9.17) is 0 Å². The molecule has 116 valence electrons. The number of hydrogen-bond donors (Lipinski definition) is 3. The molecule has 3 N–H and O–H groups in total. The molecule has 3 atom stereocenters. The smallest absolute Gasteiger partial charge is 0.0636 e. The fourth-order valence-corrected chi connectivity index (χ4v) is 3.60. The van der Waals surface area contributed by atoms with E-state index in [2.05, 4.69) is 39.6 Å². The molecule has 4 heteroatoms. The zero-order valence-electron chi connectivity index (χ0n) is 12.8. The molecular weight excluding hydrogens is 286 g/mol. The van der Waals surface area contributed by atoms with Crippen LogP contribution in [0.2, 0.25) is 0 Å². The van der Waals surface area contributed by atoms with E-state index in [0.29, 0.717) is 12.0 Å². The molecule has 2 aliphatic rings. The molecule has 0 radical (unpaired) electrons. The van der Waals surface area contributed by atoms with Gasteiger partial charge in [0.2, 0.25) is 0 Å². The quantitative estimate of drug-likeness (QED) is 0.705. The molecule has 1 fully saturated rings. The average Bonchev–Trinajstić information content (AvgIpc) is 3.10. The summed E-state index contributed by atoms with van der Waals surface area (Å²) in [6.07, 6.45) is 4.61. The van der Waals surface area contributed by atoms with Crippen molar-refractivity contribution in [1.29, 1.82) is 0 Å². The van der Waals surface area contributed by atoms with Gasteiger partial charge in [0.05, 0.1) is 12.6 Å². The van der Waals surface area contributed by atoms with Crippen molar-refractivity contribution < 1.29 is 5.11 Å². The van der Waals surface area contributed by atoms with Gasteiger partial charge in [0, 0.05) is 41.2 Å². The van der Waals surface area contributed by atoms with Crippen LogP contribution in [0.1, 0.15) is 29.2 Å². The van der Waals surface area contributed by atoms with Gasteiger partial charge in [0.25, 0.3) is 0 Å². The van der Waals surface area contributed by atoms with Crippen LogP contribution in [0.4, 0.5) is 5.69 Å². The number of aromatic nitrogens is 1. The lowest BCUT2D eigenvalue weighted by atomic mass is 9.83. The Bertz CT molecular complexity index is 763. The zero-order valence-corrected chi connectivity index (χ0v) is 12.8. The van der Waals surface area contributed by atoms with E-state index in [-0.39, 0.29) is 12.6 Å². The second kappa shape index (κ2) is 6.04. The molecule has 23 heavy (non-hydrogen) atoms. The largest absolute Gasteiger partial charge is 0.394 e. The Morgan fingerprint density at radius 3 is 2.96 bits per heavy atom. The summed E-state index contributed by atoms with van der Waals surface area (Å²) in [5, 5.41) is 16.7. The number of anilines is 1. The third-order valence-electron chi connectivity index (χ3n) is 4.72. The van der Waals surface area contributed by atoms with E-state index in [1.54, 1.807) is 12.4 Å². The van der Waals surface area contributed by atoms with Gasteiger partial charge in [-0.2, -0.15) is 0 Å². The standard InChI is InChI=1S/C19H19N3O/c23-12-18-15-7-9-21-19(15)16-10-13(5-6-17(16)22-18)3-4-14-2-1-8-20-11-14/h1-2,5-6,8,10-11,15,18-19,21-23H,7,9,12H2/t15-,18+,19-/m1/s1. The average molecular weight is 305 g/mol. The number of aliphatic hydroxyl groups is 1. The third kappa shape index (κ3) is 2.70. The maximum atomic E-state index is 9.61. The summed E-state index contributed by atoms with van der Waals surface area (Å²) in [6, 6.07) is 10.6. The Balaban J connectivity index is 1.66. The fourth-order valence-electron chi connectivity index (χ4n) is 3.60. The maximum Gasteiger partial charge on any atom is 0.0636 e. The van der Waals surface area contributed by atoms with Gasteiger partial charge in [-0.3, -0.25) is 4.98 Å². The molecule has 3 heterocycles. The Morgan fingerprint density at radius 1 is 1.22 bits per heavy atom. The summed E-state index contributed by atoms with van der Waals surface area (Å²) in [4.78, 5) is 4.08. The van der Waals surface area contributed by atoms with Crippen molar-refractivity contribution >= 4 is 5.69 Å². The first-order valence-electron chi connectivity index (χ1n) is 8.02. The van der Waals surface area contributed by atoms with Gasteiger partial charge in [0.15, 0.2) is 0 Å². The summed E-state index contributed by atoms with van der Waals surface area (Å²) in [5.41, 5.74) is 4.28. The van der Waals surface area contributed by atoms with Gasteiger partial charge in [-0.15, -0.1) is 0 Å². The molecule has 0 spiro atoms. The van der Waals surface area contributed by atoms with E-state index < -0.39 is 0 Å². The molecular formula is C19H19N3O. The Morgan fingerprint density at radius 2 is 2.13 bits per heavy atom. The van der Waals surface area contributed by atoms with Crippen LogP contribution in [0.25, 0.3) is 0 Å². The van der Waals surface area contributed by atoms with E-state index >= 15 is 0 Å². The van der Waals surface area contributed by atoms with E-state index in [0.717, 1.165) is 29.8 Å². The minimum atomic E-state index is 0.134. The summed E-state index contributed by atoms with van der Waals surface area (Å²) in [5.74, 6) is 6.81. The van der Waals surface area contributed by atoms with Crippen LogP contribution >= 0.6 is 0 Å². The molecule has 0 saturated carbocycles. The number of pyridine rings is 1. The van der Waals surface area contributed by atoms with Crippen molar-refractivity contribution in [2.24, 2.45) is 5.92 Å². The molecule has 2 aromatic rings. The molecule has 0 unspecified atom stereocenters. The van der Waals surface area contributed by atoms with Gasteiger partial charge in [-0.1, -0.05) is 11.8 Å². The molecule has 4 nitrogen and oxygen atoms in total. The number of nitrogens with one attached hydrogen (secondary N) is 2. The number of nitrogens with zero attached hydrogens (tertiary/aromatic N) is 1. The Hall–Kier alpha value is -2.35. The number of aliphatic hydroxyl groups excluding tert-OH is 1. The van der Waals surface area contributed by atoms with Crippen LogP contribution in [0.5, 0.6) is 0 Å². The second-order valence-electron chi connectivity index (χ2n) is 6.11. The monoisotopic (exact) mass is 305 g/mol. The van der Waals surface area contributed by atoms with Crippen molar-refractivity contribution in [3.05, 3.63) is 59.4 Å². The van der Waals surface area contributed by atoms with Crippen LogP contribution in [-0.4, -0.2) is 29.3 Å². The summed E-state index contributed by atoms with van der Waals surface area (Å²) >= 11 is 0. The topological polar surface area (TPSA) is 57.2 Å². The van der Waals surface area contributed by atoms with E-state index in [1.807, 2.05) is 18.2 Å². The van der Waals surface area contributed by atoms with Crippen molar-refractivity contribution in [2.45, 2.75) is 18.5 Å². The fraction of sp³-hybridized carbons (Fsp3) is 0.316. The number of hydrogen-bond acceptors (Lipinski definition) is 4. The second-order valence-corrected chi connectivity index (χ2v) is 6.11. The first kappa shape index (κ1) is 14.3. The lowest BCUT2D eigenvalue weighted by Gasteiger charge is -2.36. The summed E-state index contributed by atoms with van der Waals surface area (Å²) < 4.78 is 0. The van der Waals surface area contributed by atoms with Crippen LogP contribution in [0.3, 0.4) is 0 Å². The highest BCUT2D eigenvalue weighted by atomic mass is 16.3. The zero-order chi connectivity index (χ0) is 15.6. The van der Waals surface area contributed by atoms with Crippen LogP contribution < -0.4 is 10.6 Å². The van der Waals surface area contributed by atoms with E-state index in [1.165, 1.54) is 5.56 Å². The van der Waals surface area contributed by atoms with Crippen LogP contribution in [-0.2, 0) is 0 Å². The van der Waals surface area contributed by atoms with Gasteiger partial charge in [0.1, 0.15) is 0 Å². The molecule has 2 aliphatic heterocycles. The molecule has 0 amide bonds. The van der Waals surface area contributed by atoms with Crippen molar-refractivity contribution in [1.82, 2.24) is 10.3 Å². The molecule has 1 aromatic heterocycles. The molecule has 1 saturated heterocycles. The summed E-state index contributed by atoms with van der Waals surface area (Å²) in [7, 11) is 0. The predicted octanol–water partition coefficient (Wildman–Crippen LogP) is 1.92. The number of rotatable bonds is 1. The SMILES string of the molecule is OC[C@@H]1Nc2ccc(C#Cc3cccnc3)cc2[C@@H]2NCC[C@H]12. The highest BCUT2D eigenvalue weighted by Crippen LogP contribution is 2.41. The Labute approximate surface area is 136 Å². The van der Waals surface area contributed by atoms with E-state index in [9.17, 15) is 5.11 Å². The molecule has 1 aromatic carbocycles. The lowest BCUT2D eigenvalue weighted by molar-refractivity contribution is 0.224. The van der Waals surface area contributed by atoms with Crippen LogP contribution in [0, 0.1) is 17.8 Å². The predicted molar refractivity (Wildman–Crippen MR) is 90.0 cm³/mol. The number of fused-ring (bicyclic) bond motifs is 3. The van der Waals surface area contributed by atoms with Crippen LogP contribution in [0.15, 0.2) is 42.7 Å². The molecule has 4 rings (SSSR count). The van der Waals surface area contributed by atoms with Gasteiger partial charge in [-0.05, 0) is 48.9 Å². The highest BCUT2D eigenvalue weighted by Gasteiger charge is 2.39. The van der Waals surface area contributed by atoms with Crippen molar-refractivity contribution in [3.63, 3.8) is 0 Å². The summed E-state index contributed by atoms with van der Waals surface area (Å²) in [6.45, 7) is 1.17. The Kier molecular flexibility index (Phi) is 3.74. The molecule has 0 bridgehead atoms. The minimum absolute atomic E-state index is 0.134. The minimum Gasteiger partial charge on any atom is -0.394 e. The normalized spacial score (nSPS) is 24.8. The van der Waals surface area contributed by atoms with Gasteiger partial charge >= 0.3 is 0 Å². The van der Waals surface area contributed by atoms with Crippen molar-refractivity contribution in [2.75, 3.05) is 18.5 Å². The first-order valence-corrected chi connectivity index (χ1v) is 8.02. The molecule has 0 aliphatic carbocycles.